The van der Waals surface area contributed by atoms with E-state index in [1.54, 1.807) is 20.8 Å². The monoisotopic (exact) mass is 376 g/mol. The lowest BCUT2D eigenvalue weighted by Crippen LogP contribution is -2.39. The Hall–Kier alpha value is -2.44. The van der Waals surface area contributed by atoms with Crippen LogP contribution in [0.4, 0.5) is 21.0 Å². The molecule has 0 radical (unpaired) electrons. The first-order chi connectivity index (χ1) is 12.7. The van der Waals surface area contributed by atoms with Crippen molar-refractivity contribution in [2.24, 2.45) is 5.92 Å². The number of rotatable bonds is 5. The summed E-state index contributed by atoms with van der Waals surface area (Å²) in [5.41, 5.74) is 1.39. The van der Waals surface area contributed by atoms with Gasteiger partial charge in [0.05, 0.1) is 0 Å². The van der Waals surface area contributed by atoms with Crippen LogP contribution < -0.4 is 20.9 Å². The van der Waals surface area contributed by atoms with Gasteiger partial charge in [0.15, 0.2) is 0 Å². The summed E-state index contributed by atoms with van der Waals surface area (Å²) in [7, 11) is 0. The first kappa shape index (κ1) is 20.9. The van der Waals surface area contributed by atoms with Crippen molar-refractivity contribution in [1.29, 1.82) is 0 Å². The van der Waals surface area contributed by atoms with E-state index in [0.717, 1.165) is 24.7 Å². The van der Waals surface area contributed by atoms with E-state index < -0.39 is 11.7 Å². The predicted octanol–water partition coefficient (Wildman–Crippen LogP) is 3.57. The topological polar surface area (TPSA) is 82.7 Å². The summed E-state index contributed by atoms with van der Waals surface area (Å²) >= 11 is 0. The van der Waals surface area contributed by atoms with E-state index in [9.17, 15) is 9.59 Å². The molecule has 27 heavy (non-hydrogen) atoms. The van der Waals surface area contributed by atoms with Crippen molar-refractivity contribution in [3.63, 3.8) is 0 Å². The maximum absolute atomic E-state index is 11.9. The molecule has 0 spiro atoms. The van der Waals surface area contributed by atoms with Gasteiger partial charge in [-0.3, -0.25) is 0 Å². The van der Waals surface area contributed by atoms with Crippen LogP contribution in [0.25, 0.3) is 0 Å². The van der Waals surface area contributed by atoms with Gasteiger partial charge in [0.2, 0.25) is 0 Å². The minimum absolute atomic E-state index is 0.300. The van der Waals surface area contributed by atoms with Crippen LogP contribution in [0.15, 0.2) is 24.3 Å². The highest BCUT2D eigenvalue weighted by Crippen LogP contribution is 2.24. The first-order valence-corrected chi connectivity index (χ1v) is 9.59. The molecule has 1 aromatic rings. The van der Waals surface area contributed by atoms with Gasteiger partial charge in [-0.15, -0.1) is 0 Å². The molecule has 1 aliphatic rings. The molecule has 0 aromatic heterocycles. The number of ether oxygens (including phenoxy) is 1. The molecule has 1 fully saturated rings. The molecule has 0 unspecified atom stereocenters. The Morgan fingerprint density at radius 2 is 1.67 bits per heavy atom. The summed E-state index contributed by atoms with van der Waals surface area (Å²) in [6.07, 6.45) is 1.95. The van der Waals surface area contributed by atoms with E-state index in [4.69, 9.17) is 4.74 Å². The molecule has 3 amide bonds. The molecule has 0 saturated carbocycles. The van der Waals surface area contributed by atoms with Gasteiger partial charge in [-0.2, -0.15) is 0 Å². The van der Waals surface area contributed by atoms with Crippen molar-refractivity contribution >= 4 is 23.5 Å². The molecule has 0 aliphatic carbocycles. The molecule has 1 aromatic carbocycles. The number of hydrogen-bond donors (Lipinski definition) is 3. The van der Waals surface area contributed by atoms with Crippen LogP contribution in [0.2, 0.25) is 0 Å². The lowest BCUT2D eigenvalue weighted by atomic mass is 9.99. The first-order valence-electron chi connectivity index (χ1n) is 9.59. The van der Waals surface area contributed by atoms with Gasteiger partial charge in [0, 0.05) is 37.6 Å². The average molecular weight is 377 g/mol. The zero-order chi connectivity index (χ0) is 19.9. The van der Waals surface area contributed by atoms with Crippen LogP contribution in [-0.4, -0.2) is 43.9 Å². The molecular weight excluding hydrogens is 344 g/mol. The second kappa shape index (κ2) is 9.48. The quantitative estimate of drug-likeness (QED) is 0.686. The summed E-state index contributed by atoms with van der Waals surface area (Å²) in [6, 6.07) is 7.59. The summed E-state index contributed by atoms with van der Waals surface area (Å²) in [6.45, 7) is 10.5. The van der Waals surface area contributed by atoms with E-state index >= 15 is 0 Å². The standard InChI is InChI=1S/C20H32N4O3/c1-15-9-13-24(14-10-15)17-7-5-16(6-8-17)23-18(25)21-11-12-22-19(26)27-20(2,3)4/h5-8,15H,9-14H2,1-4H3,(H,22,26)(H2,21,23,25). The van der Waals surface area contributed by atoms with E-state index in [1.807, 2.05) is 24.3 Å². The van der Waals surface area contributed by atoms with Gasteiger partial charge in [-0.1, -0.05) is 6.92 Å². The van der Waals surface area contributed by atoms with E-state index in [1.165, 1.54) is 18.5 Å². The second-order valence-corrected chi connectivity index (χ2v) is 8.03. The molecule has 0 bridgehead atoms. The minimum Gasteiger partial charge on any atom is -0.444 e. The van der Waals surface area contributed by atoms with Crippen LogP contribution in [0.5, 0.6) is 0 Å². The molecule has 1 heterocycles. The van der Waals surface area contributed by atoms with Crippen molar-refractivity contribution in [3.8, 4) is 0 Å². The van der Waals surface area contributed by atoms with E-state index in [0.29, 0.717) is 13.1 Å². The number of carbonyl (C=O) groups excluding carboxylic acids is 2. The third-order valence-electron chi connectivity index (χ3n) is 4.35. The van der Waals surface area contributed by atoms with Crippen molar-refractivity contribution in [3.05, 3.63) is 24.3 Å². The van der Waals surface area contributed by atoms with Gasteiger partial charge in [0.1, 0.15) is 5.60 Å². The lowest BCUT2D eigenvalue weighted by molar-refractivity contribution is 0.0528. The number of anilines is 2. The summed E-state index contributed by atoms with van der Waals surface area (Å²) in [4.78, 5) is 25.8. The third-order valence-corrected chi connectivity index (χ3v) is 4.35. The van der Waals surface area contributed by atoms with E-state index in [-0.39, 0.29) is 6.03 Å². The lowest BCUT2D eigenvalue weighted by Gasteiger charge is -2.32. The highest BCUT2D eigenvalue weighted by atomic mass is 16.6. The second-order valence-electron chi connectivity index (χ2n) is 8.03. The normalized spacial score (nSPS) is 15.2. The fourth-order valence-corrected chi connectivity index (χ4v) is 2.85. The largest absolute Gasteiger partial charge is 0.444 e. The Kier molecular flexibility index (Phi) is 7.33. The van der Waals surface area contributed by atoms with Gasteiger partial charge in [0.25, 0.3) is 0 Å². The molecule has 0 atom stereocenters. The Bertz CT molecular complexity index is 617. The maximum Gasteiger partial charge on any atom is 0.407 e. The van der Waals surface area contributed by atoms with Crippen LogP contribution in [-0.2, 0) is 4.74 Å². The number of amides is 3. The van der Waals surface area contributed by atoms with Crippen molar-refractivity contribution in [1.82, 2.24) is 10.6 Å². The molecule has 3 N–H and O–H groups in total. The van der Waals surface area contributed by atoms with Crippen LogP contribution in [0, 0.1) is 5.92 Å². The number of nitrogens with one attached hydrogen (secondary N) is 3. The Morgan fingerprint density at radius 3 is 2.26 bits per heavy atom. The fraction of sp³-hybridized carbons (Fsp3) is 0.600. The zero-order valence-electron chi connectivity index (χ0n) is 16.8. The summed E-state index contributed by atoms with van der Waals surface area (Å²) in [5.74, 6) is 0.802. The van der Waals surface area contributed by atoms with E-state index in [2.05, 4.69) is 27.8 Å². The van der Waals surface area contributed by atoms with Crippen molar-refractivity contribution in [2.75, 3.05) is 36.4 Å². The maximum atomic E-state index is 11.9. The molecular formula is C20H32N4O3. The molecule has 150 valence electrons. The van der Waals surface area contributed by atoms with Gasteiger partial charge in [-0.05, 0) is 63.8 Å². The van der Waals surface area contributed by atoms with Gasteiger partial charge >= 0.3 is 12.1 Å². The molecule has 2 rings (SSSR count). The number of piperidine rings is 1. The smallest absolute Gasteiger partial charge is 0.407 e. The Balaban J connectivity index is 1.67. The summed E-state index contributed by atoms with van der Waals surface area (Å²) < 4.78 is 5.13. The molecule has 7 heteroatoms. The van der Waals surface area contributed by atoms with Crippen molar-refractivity contribution < 1.29 is 14.3 Å². The number of benzene rings is 1. The fourth-order valence-electron chi connectivity index (χ4n) is 2.85. The Labute approximate surface area is 161 Å². The van der Waals surface area contributed by atoms with Gasteiger partial charge in [-0.25, -0.2) is 9.59 Å². The SMILES string of the molecule is CC1CCN(c2ccc(NC(=O)NCCNC(=O)OC(C)(C)C)cc2)CC1. The number of alkyl carbamates (subject to hydrolysis) is 1. The highest BCUT2D eigenvalue weighted by molar-refractivity contribution is 5.89. The number of hydrogen-bond acceptors (Lipinski definition) is 4. The minimum atomic E-state index is -0.534. The molecule has 1 saturated heterocycles. The third kappa shape index (κ3) is 7.76. The number of urea groups is 1. The van der Waals surface area contributed by atoms with Crippen LogP contribution in [0.1, 0.15) is 40.5 Å². The highest BCUT2D eigenvalue weighted by Gasteiger charge is 2.16. The number of carbonyl (C=O) groups is 2. The molecule has 1 aliphatic heterocycles. The zero-order valence-corrected chi connectivity index (χ0v) is 16.8. The predicted molar refractivity (Wildman–Crippen MR) is 108 cm³/mol. The van der Waals surface area contributed by atoms with Crippen LogP contribution in [0.3, 0.4) is 0 Å². The Morgan fingerprint density at radius 1 is 1.07 bits per heavy atom. The van der Waals surface area contributed by atoms with Crippen molar-refractivity contribution in [2.45, 2.75) is 46.1 Å². The average Bonchev–Trinajstić information content (AvgIpc) is 2.59. The molecule has 7 nitrogen and oxygen atoms in total. The summed E-state index contributed by atoms with van der Waals surface area (Å²) in [5, 5.41) is 8.09. The van der Waals surface area contributed by atoms with Gasteiger partial charge < -0.3 is 25.6 Å². The van der Waals surface area contributed by atoms with Crippen LogP contribution >= 0.6 is 0 Å². The number of nitrogens with zero attached hydrogens (tertiary/aromatic N) is 1.